The van der Waals surface area contributed by atoms with Crippen LogP contribution in [0.15, 0.2) is 12.1 Å². The minimum absolute atomic E-state index is 0. The zero-order valence-corrected chi connectivity index (χ0v) is 14.0. The van der Waals surface area contributed by atoms with Gasteiger partial charge in [-0.05, 0) is 13.0 Å². The Hall–Kier alpha value is -2.06. The van der Waals surface area contributed by atoms with Crippen molar-refractivity contribution in [2.24, 2.45) is 5.73 Å². The zero-order chi connectivity index (χ0) is 16.7. The SMILES string of the molecule is COc1cc(F)c(C(C)NC(=O)CNC(=O)CN)cc1OC.Cl. The normalized spacial score (nSPS) is 11.0. The Labute approximate surface area is 140 Å². The number of nitrogens with one attached hydrogen (secondary N) is 2. The summed E-state index contributed by atoms with van der Waals surface area (Å²) in [6, 6.07) is 2.03. The molecule has 0 aromatic heterocycles. The maximum atomic E-state index is 14.0. The maximum Gasteiger partial charge on any atom is 0.239 e. The molecule has 1 atom stereocenters. The van der Waals surface area contributed by atoms with Crippen molar-refractivity contribution >= 4 is 24.2 Å². The highest BCUT2D eigenvalue weighted by atomic mass is 35.5. The van der Waals surface area contributed by atoms with E-state index in [9.17, 15) is 14.0 Å². The van der Waals surface area contributed by atoms with Crippen molar-refractivity contribution in [1.29, 1.82) is 0 Å². The van der Waals surface area contributed by atoms with Crippen LogP contribution >= 0.6 is 12.4 Å². The second-order valence-corrected chi connectivity index (χ2v) is 4.50. The third-order valence-corrected chi connectivity index (χ3v) is 2.98. The van der Waals surface area contributed by atoms with Gasteiger partial charge in [-0.1, -0.05) is 0 Å². The quantitative estimate of drug-likeness (QED) is 0.666. The molecule has 1 unspecified atom stereocenters. The van der Waals surface area contributed by atoms with Gasteiger partial charge in [0.05, 0.1) is 33.4 Å². The average Bonchev–Trinajstić information content (AvgIpc) is 2.51. The van der Waals surface area contributed by atoms with Crippen molar-refractivity contribution in [3.63, 3.8) is 0 Å². The summed E-state index contributed by atoms with van der Waals surface area (Å²) in [6.07, 6.45) is 0. The lowest BCUT2D eigenvalue weighted by atomic mass is 10.1. The van der Waals surface area contributed by atoms with E-state index in [1.54, 1.807) is 6.92 Å². The molecular formula is C14H21ClFN3O4. The van der Waals surface area contributed by atoms with Gasteiger partial charge in [-0.2, -0.15) is 0 Å². The van der Waals surface area contributed by atoms with E-state index in [4.69, 9.17) is 15.2 Å². The molecule has 2 amide bonds. The number of rotatable bonds is 7. The number of carbonyl (C=O) groups excluding carboxylic acids is 2. The average molecular weight is 350 g/mol. The molecule has 0 spiro atoms. The molecule has 4 N–H and O–H groups in total. The van der Waals surface area contributed by atoms with E-state index in [0.717, 1.165) is 0 Å². The molecule has 1 aromatic carbocycles. The fraction of sp³-hybridized carbons (Fsp3) is 0.429. The second-order valence-electron chi connectivity index (χ2n) is 4.50. The predicted molar refractivity (Wildman–Crippen MR) is 85.4 cm³/mol. The number of hydrogen-bond acceptors (Lipinski definition) is 5. The van der Waals surface area contributed by atoms with E-state index in [2.05, 4.69) is 10.6 Å². The van der Waals surface area contributed by atoms with Gasteiger partial charge in [0, 0.05) is 11.6 Å². The third kappa shape index (κ3) is 5.91. The van der Waals surface area contributed by atoms with Gasteiger partial charge >= 0.3 is 0 Å². The predicted octanol–water partition coefficient (Wildman–Crippen LogP) is 0.517. The summed E-state index contributed by atoms with van der Waals surface area (Å²) in [4.78, 5) is 22.7. The molecule has 1 aromatic rings. The van der Waals surface area contributed by atoms with Gasteiger partial charge < -0.3 is 25.8 Å². The lowest BCUT2D eigenvalue weighted by molar-refractivity contribution is -0.125. The molecule has 0 bridgehead atoms. The lowest BCUT2D eigenvalue weighted by Gasteiger charge is -2.17. The first-order valence-electron chi connectivity index (χ1n) is 6.60. The van der Waals surface area contributed by atoms with E-state index >= 15 is 0 Å². The molecule has 0 aliphatic heterocycles. The van der Waals surface area contributed by atoms with Crippen molar-refractivity contribution in [2.45, 2.75) is 13.0 Å². The summed E-state index contributed by atoms with van der Waals surface area (Å²) in [6.45, 7) is 1.19. The van der Waals surface area contributed by atoms with Crippen LogP contribution in [0, 0.1) is 5.82 Å². The number of amides is 2. The smallest absolute Gasteiger partial charge is 0.239 e. The molecule has 0 heterocycles. The Kier molecular flexibility index (Phi) is 8.97. The maximum absolute atomic E-state index is 14.0. The van der Waals surface area contributed by atoms with Crippen molar-refractivity contribution in [3.8, 4) is 11.5 Å². The van der Waals surface area contributed by atoms with E-state index < -0.39 is 23.7 Å². The first-order chi connectivity index (χ1) is 10.4. The van der Waals surface area contributed by atoms with Gasteiger partial charge in [-0.25, -0.2) is 4.39 Å². The Bertz CT molecular complexity index is 557. The molecule has 9 heteroatoms. The molecule has 0 radical (unpaired) electrons. The summed E-state index contributed by atoms with van der Waals surface area (Å²) in [7, 11) is 2.84. The number of nitrogens with two attached hydrogens (primary N) is 1. The molecule has 1 rings (SSSR count). The summed E-state index contributed by atoms with van der Waals surface area (Å²) < 4.78 is 24.2. The fourth-order valence-electron chi connectivity index (χ4n) is 1.82. The molecule has 0 fully saturated rings. The van der Waals surface area contributed by atoms with Crippen LogP contribution in [0.3, 0.4) is 0 Å². The van der Waals surface area contributed by atoms with Crippen LogP contribution in [0.5, 0.6) is 11.5 Å². The highest BCUT2D eigenvalue weighted by Gasteiger charge is 2.18. The standard InChI is InChI=1S/C14H20FN3O4.ClH/c1-8(18-14(20)7-17-13(19)6-16)9-4-11(21-2)12(22-3)5-10(9)15;/h4-5,8H,6-7,16H2,1-3H3,(H,17,19)(H,18,20);1H. The number of ether oxygens (including phenoxy) is 2. The molecule has 130 valence electrons. The molecule has 0 aliphatic rings. The van der Waals surface area contributed by atoms with Crippen LogP contribution < -0.4 is 25.8 Å². The topological polar surface area (TPSA) is 103 Å². The monoisotopic (exact) mass is 349 g/mol. The number of halogens is 2. The molecular weight excluding hydrogens is 329 g/mol. The first kappa shape index (κ1) is 20.9. The van der Waals surface area contributed by atoms with Gasteiger partial charge in [-0.15, -0.1) is 12.4 Å². The lowest BCUT2D eigenvalue weighted by Crippen LogP contribution is -2.40. The largest absolute Gasteiger partial charge is 0.493 e. The summed E-state index contributed by atoms with van der Waals surface area (Å²) in [5.41, 5.74) is 5.36. The third-order valence-electron chi connectivity index (χ3n) is 2.98. The van der Waals surface area contributed by atoms with Gasteiger partial charge in [0.1, 0.15) is 5.82 Å². The highest BCUT2D eigenvalue weighted by molar-refractivity contribution is 5.85. The van der Waals surface area contributed by atoms with E-state index in [1.165, 1.54) is 26.4 Å². The van der Waals surface area contributed by atoms with Crippen molar-refractivity contribution in [1.82, 2.24) is 10.6 Å². The van der Waals surface area contributed by atoms with Gasteiger partial charge in [0.2, 0.25) is 11.8 Å². The number of carbonyl (C=O) groups is 2. The van der Waals surface area contributed by atoms with Gasteiger partial charge in [0.25, 0.3) is 0 Å². The van der Waals surface area contributed by atoms with E-state index in [1.807, 2.05) is 0 Å². The second kappa shape index (κ2) is 9.86. The summed E-state index contributed by atoms with van der Waals surface area (Å²) in [5, 5.41) is 4.90. The highest BCUT2D eigenvalue weighted by Crippen LogP contribution is 2.32. The van der Waals surface area contributed by atoms with Gasteiger partial charge in [-0.3, -0.25) is 9.59 Å². The van der Waals surface area contributed by atoms with Gasteiger partial charge in [0.15, 0.2) is 11.5 Å². The Balaban J connectivity index is 0.00000484. The van der Waals surface area contributed by atoms with E-state index in [-0.39, 0.29) is 36.8 Å². The fourth-order valence-corrected chi connectivity index (χ4v) is 1.82. The van der Waals surface area contributed by atoms with Crippen molar-refractivity contribution < 1.29 is 23.5 Å². The molecule has 0 saturated heterocycles. The van der Waals surface area contributed by atoms with Crippen LogP contribution in [0.25, 0.3) is 0 Å². The summed E-state index contributed by atoms with van der Waals surface area (Å²) >= 11 is 0. The number of benzene rings is 1. The van der Waals surface area contributed by atoms with Crippen LogP contribution in [-0.4, -0.2) is 39.1 Å². The first-order valence-corrected chi connectivity index (χ1v) is 6.60. The van der Waals surface area contributed by atoms with Crippen LogP contribution in [-0.2, 0) is 9.59 Å². The van der Waals surface area contributed by atoms with Crippen molar-refractivity contribution in [2.75, 3.05) is 27.3 Å². The zero-order valence-electron chi connectivity index (χ0n) is 13.1. The Morgan fingerprint density at radius 2 is 1.78 bits per heavy atom. The minimum Gasteiger partial charge on any atom is -0.493 e. The number of methoxy groups -OCH3 is 2. The van der Waals surface area contributed by atoms with Crippen LogP contribution in [0.1, 0.15) is 18.5 Å². The molecule has 7 nitrogen and oxygen atoms in total. The minimum atomic E-state index is -0.609. The van der Waals surface area contributed by atoms with Crippen LogP contribution in [0.2, 0.25) is 0 Å². The van der Waals surface area contributed by atoms with Crippen molar-refractivity contribution in [3.05, 3.63) is 23.5 Å². The molecule has 0 aliphatic carbocycles. The summed E-state index contributed by atoms with van der Waals surface area (Å²) in [5.74, 6) is -0.811. The Morgan fingerprint density at radius 3 is 2.30 bits per heavy atom. The number of hydrogen-bond donors (Lipinski definition) is 3. The van der Waals surface area contributed by atoms with Crippen LogP contribution in [0.4, 0.5) is 4.39 Å². The molecule has 23 heavy (non-hydrogen) atoms. The Morgan fingerprint density at radius 1 is 1.22 bits per heavy atom. The molecule has 0 saturated carbocycles. The van der Waals surface area contributed by atoms with E-state index in [0.29, 0.717) is 5.75 Å².